The lowest BCUT2D eigenvalue weighted by Gasteiger charge is -2.15. The third-order valence-electron chi connectivity index (χ3n) is 5.99. The molecule has 0 aliphatic heterocycles. The van der Waals surface area contributed by atoms with Crippen LogP contribution in [0.25, 0.3) is 27.7 Å². The molecule has 0 aliphatic rings. The van der Waals surface area contributed by atoms with E-state index in [0.29, 0.717) is 17.3 Å². The average Bonchev–Trinajstić information content (AvgIpc) is 3.23. The summed E-state index contributed by atoms with van der Waals surface area (Å²) in [4.78, 5) is 12.9. The van der Waals surface area contributed by atoms with Crippen LogP contribution >= 0.6 is 11.6 Å². The summed E-state index contributed by atoms with van der Waals surface area (Å²) in [6.45, 7) is 10.3. The first-order chi connectivity index (χ1) is 16.3. The fourth-order valence-electron chi connectivity index (χ4n) is 4.08. The van der Waals surface area contributed by atoms with E-state index in [1.165, 1.54) is 5.56 Å². The average molecular weight is 474 g/mol. The standard InChI is InChI=1S/C29H28ClNO3/c1-6-33-28-20(5)29-23(24(16-34-29)21-12-10-17(2)11-13-21)15-22(28)18(3)14-27(32)31-26-9-7-8-25(30)19(26)4/h7-16H,6H2,1-5H3,(H,31,32)/b18-14+. The fourth-order valence-corrected chi connectivity index (χ4v) is 4.26. The molecule has 0 saturated carbocycles. The smallest absolute Gasteiger partial charge is 0.248 e. The molecule has 0 radical (unpaired) electrons. The lowest BCUT2D eigenvalue weighted by atomic mass is 9.96. The number of hydrogen-bond donors (Lipinski definition) is 1. The van der Waals surface area contributed by atoms with Crippen molar-refractivity contribution in [2.24, 2.45) is 0 Å². The molecule has 0 aliphatic carbocycles. The molecular weight excluding hydrogens is 446 g/mol. The second kappa shape index (κ2) is 9.78. The van der Waals surface area contributed by atoms with Crippen molar-refractivity contribution >= 4 is 39.7 Å². The van der Waals surface area contributed by atoms with Gasteiger partial charge in [0.15, 0.2) is 0 Å². The number of ether oxygens (including phenoxy) is 1. The minimum absolute atomic E-state index is 0.228. The van der Waals surface area contributed by atoms with Gasteiger partial charge < -0.3 is 14.5 Å². The van der Waals surface area contributed by atoms with Crippen LogP contribution in [0.15, 0.2) is 65.3 Å². The first-order valence-electron chi connectivity index (χ1n) is 11.3. The Kier molecular flexibility index (Phi) is 6.80. The second-order valence-corrected chi connectivity index (χ2v) is 8.84. The van der Waals surface area contributed by atoms with Crippen molar-refractivity contribution in [3.63, 3.8) is 0 Å². The minimum atomic E-state index is -0.228. The van der Waals surface area contributed by atoms with Gasteiger partial charge in [0.25, 0.3) is 0 Å². The molecule has 5 heteroatoms. The number of amides is 1. The molecule has 1 aromatic heterocycles. The van der Waals surface area contributed by atoms with Crippen LogP contribution < -0.4 is 10.1 Å². The van der Waals surface area contributed by atoms with Crippen molar-refractivity contribution in [1.82, 2.24) is 0 Å². The van der Waals surface area contributed by atoms with Crippen LogP contribution in [0.3, 0.4) is 0 Å². The number of nitrogens with one attached hydrogen (secondary N) is 1. The highest BCUT2D eigenvalue weighted by Gasteiger charge is 2.19. The Morgan fingerprint density at radius 3 is 2.53 bits per heavy atom. The molecule has 4 nitrogen and oxygen atoms in total. The molecular formula is C29H28ClNO3. The Morgan fingerprint density at radius 1 is 1.09 bits per heavy atom. The van der Waals surface area contributed by atoms with Gasteiger partial charge in [0, 0.05) is 38.9 Å². The number of benzene rings is 3. The van der Waals surface area contributed by atoms with E-state index in [1.54, 1.807) is 18.4 Å². The molecule has 4 rings (SSSR count). The number of allylic oxidation sites excluding steroid dienone is 1. The number of furan rings is 1. The largest absolute Gasteiger partial charge is 0.493 e. The van der Waals surface area contributed by atoms with Gasteiger partial charge in [0.05, 0.1) is 12.9 Å². The van der Waals surface area contributed by atoms with Gasteiger partial charge in [-0.05, 0) is 69.5 Å². The molecule has 0 bridgehead atoms. The molecule has 34 heavy (non-hydrogen) atoms. The van der Waals surface area contributed by atoms with Gasteiger partial charge in [-0.1, -0.05) is 47.5 Å². The summed E-state index contributed by atoms with van der Waals surface area (Å²) in [6, 6.07) is 15.9. The third-order valence-corrected chi connectivity index (χ3v) is 6.40. The first-order valence-corrected chi connectivity index (χ1v) is 11.7. The fraction of sp³-hybridized carbons (Fsp3) is 0.207. The van der Waals surface area contributed by atoms with Crippen molar-refractivity contribution in [2.75, 3.05) is 11.9 Å². The van der Waals surface area contributed by atoms with Crippen LogP contribution in [0.4, 0.5) is 5.69 Å². The maximum absolute atomic E-state index is 12.9. The SMILES string of the molecule is CCOc1c(/C(C)=C/C(=O)Nc2cccc(Cl)c2C)cc2c(-c3ccc(C)cc3)coc2c1C. The molecule has 0 spiro atoms. The molecule has 0 saturated heterocycles. The lowest BCUT2D eigenvalue weighted by Crippen LogP contribution is -2.10. The molecule has 1 amide bonds. The Labute approximate surface area is 205 Å². The topological polar surface area (TPSA) is 51.5 Å². The quantitative estimate of drug-likeness (QED) is 0.287. The minimum Gasteiger partial charge on any atom is -0.493 e. The van der Waals surface area contributed by atoms with E-state index >= 15 is 0 Å². The lowest BCUT2D eigenvalue weighted by molar-refractivity contribution is -0.111. The molecule has 4 aromatic rings. The van der Waals surface area contributed by atoms with Gasteiger partial charge in [-0.25, -0.2) is 0 Å². The number of hydrogen-bond acceptors (Lipinski definition) is 3. The van der Waals surface area contributed by atoms with Crippen molar-refractivity contribution in [3.05, 3.63) is 88.1 Å². The van der Waals surface area contributed by atoms with E-state index in [-0.39, 0.29) is 5.91 Å². The summed E-state index contributed by atoms with van der Waals surface area (Å²) in [5, 5.41) is 4.53. The van der Waals surface area contributed by atoms with Crippen LogP contribution in [0.5, 0.6) is 5.75 Å². The predicted molar refractivity (Wildman–Crippen MR) is 141 cm³/mol. The van der Waals surface area contributed by atoms with Crippen LogP contribution in [0, 0.1) is 20.8 Å². The highest BCUT2D eigenvalue weighted by Crippen LogP contribution is 2.40. The van der Waals surface area contributed by atoms with Crippen molar-refractivity contribution in [1.29, 1.82) is 0 Å². The van der Waals surface area contributed by atoms with Gasteiger partial charge in [0.1, 0.15) is 11.3 Å². The van der Waals surface area contributed by atoms with Crippen LogP contribution in [0.1, 0.15) is 36.1 Å². The summed E-state index contributed by atoms with van der Waals surface area (Å²) >= 11 is 6.20. The van der Waals surface area contributed by atoms with E-state index < -0.39 is 0 Å². The van der Waals surface area contributed by atoms with E-state index in [9.17, 15) is 4.79 Å². The molecule has 0 fully saturated rings. The number of carbonyl (C=O) groups is 1. The van der Waals surface area contributed by atoms with E-state index in [2.05, 4.69) is 42.6 Å². The second-order valence-electron chi connectivity index (χ2n) is 8.43. The highest BCUT2D eigenvalue weighted by atomic mass is 35.5. The maximum atomic E-state index is 12.9. The van der Waals surface area contributed by atoms with Crippen molar-refractivity contribution in [2.45, 2.75) is 34.6 Å². The van der Waals surface area contributed by atoms with E-state index in [1.807, 2.05) is 39.8 Å². The highest BCUT2D eigenvalue weighted by molar-refractivity contribution is 6.31. The zero-order valence-corrected chi connectivity index (χ0v) is 20.8. The molecule has 1 heterocycles. The van der Waals surface area contributed by atoms with E-state index in [4.69, 9.17) is 20.8 Å². The molecule has 3 aromatic carbocycles. The Bertz CT molecular complexity index is 1400. The van der Waals surface area contributed by atoms with Gasteiger partial charge in [-0.2, -0.15) is 0 Å². The number of fused-ring (bicyclic) bond motifs is 1. The Balaban J connectivity index is 1.78. The monoisotopic (exact) mass is 473 g/mol. The Hall–Kier alpha value is -3.50. The molecule has 1 N–H and O–H groups in total. The van der Waals surface area contributed by atoms with Gasteiger partial charge >= 0.3 is 0 Å². The van der Waals surface area contributed by atoms with Crippen molar-refractivity contribution < 1.29 is 13.9 Å². The summed E-state index contributed by atoms with van der Waals surface area (Å²) < 4.78 is 12.0. The number of anilines is 1. The molecule has 174 valence electrons. The summed E-state index contributed by atoms with van der Waals surface area (Å²) in [7, 11) is 0. The van der Waals surface area contributed by atoms with Crippen LogP contribution in [-0.4, -0.2) is 12.5 Å². The van der Waals surface area contributed by atoms with Crippen molar-refractivity contribution in [3.8, 4) is 16.9 Å². The summed E-state index contributed by atoms with van der Waals surface area (Å²) in [5.74, 6) is 0.495. The van der Waals surface area contributed by atoms with Gasteiger partial charge in [0.2, 0.25) is 5.91 Å². The molecule has 0 atom stereocenters. The number of halogens is 1. The van der Waals surface area contributed by atoms with E-state index in [0.717, 1.165) is 50.1 Å². The number of rotatable bonds is 6. The summed E-state index contributed by atoms with van der Waals surface area (Å²) in [6.07, 6.45) is 3.38. The van der Waals surface area contributed by atoms with Gasteiger partial charge in [-0.3, -0.25) is 4.79 Å². The zero-order chi connectivity index (χ0) is 24.4. The third kappa shape index (κ3) is 4.59. The number of aryl methyl sites for hydroxylation is 2. The maximum Gasteiger partial charge on any atom is 0.248 e. The molecule has 0 unspecified atom stereocenters. The van der Waals surface area contributed by atoms with Gasteiger partial charge in [-0.15, -0.1) is 0 Å². The Morgan fingerprint density at radius 2 is 1.82 bits per heavy atom. The first kappa shape index (κ1) is 23.7. The van der Waals surface area contributed by atoms with Crippen LogP contribution in [0.2, 0.25) is 5.02 Å². The predicted octanol–water partition coefficient (Wildman–Crippen LogP) is 8.12. The summed E-state index contributed by atoms with van der Waals surface area (Å²) in [5.41, 5.74) is 8.16. The zero-order valence-electron chi connectivity index (χ0n) is 20.1. The number of carbonyl (C=O) groups excluding carboxylic acids is 1. The normalized spacial score (nSPS) is 11.6. The van der Waals surface area contributed by atoms with Crippen LogP contribution in [-0.2, 0) is 4.79 Å².